The Balaban J connectivity index is 1.27. The minimum Gasteiger partial charge on any atom is -0.496 e. The first-order valence-electron chi connectivity index (χ1n) is 13.4. The Bertz CT molecular complexity index is 1440. The predicted octanol–water partition coefficient (Wildman–Crippen LogP) is 6.57. The Morgan fingerprint density at radius 2 is 1.85 bits per heavy atom. The average Bonchev–Trinajstić information content (AvgIpc) is 3.26. The van der Waals surface area contributed by atoms with Gasteiger partial charge < -0.3 is 19.7 Å². The molecule has 0 radical (unpaired) electrons. The maximum atomic E-state index is 13.2. The highest BCUT2D eigenvalue weighted by atomic mass is 35.5. The van der Waals surface area contributed by atoms with Gasteiger partial charge in [-0.25, -0.2) is 0 Å². The van der Waals surface area contributed by atoms with Gasteiger partial charge in [0.1, 0.15) is 18.1 Å². The number of piperidine rings is 1. The minimum absolute atomic E-state index is 0.246. The van der Waals surface area contributed by atoms with E-state index in [9.17, 15) is 4.79 Å². The molecule has 204 valence electrons. The summed E-state index contributed by atoms with van der Waals surface area (Å²) in [6.07, 6.45) is 3.59. The minimum atomic E-state index is -0.246. The quantitative estimate of drug-likeness (QED) is 0.257. The van der Waals surface area contributed by atoms with E-state index in [0.29, 0.717) is 28.7 Å². The van der Waals surface area contributed by atoms with Gasteiger partial charge in [0.25, 0.3) is 5.91 Å². The number of hydrogen-bond donors (Lipinski definition) is 1. The SMILES string of the molecule is COc1cc(OCc2ccc(Cl)cc2)ccc1C(=O)Nc1ccc2c(C)nn(CCC3CCN(C)CC3)c2c1. The number of nitrogens with zero attached hydrogens (tertiary/aromatic N) is 3. The molecular formula is C31H35ClN4O3. The number of rotatable bonds is 9. The van der Waals surface area contributed by atoms with E-state index in [0.717, 1.165) is 46.7 Å². The molecular weight excluding hydrogens is 512 g/mol. The number of carbonyl (C=O) groups is 1. The van der Waals surface area contributed by atoms with Crippen LogP contribution >= 0.6 is 11.6 Å². The average molecular weight is 547 g/mol. The largest absolute Gasteiger partial charge is 0.496 e. The predicted molar refractivity (Wildman–Crippen MR) is 156 cm³/mol. The molecule has 4 aromatic rings. The van der Waals surface area contributed by atoms with Crippen LogP contribution in [-0.4, -0.2) is 47.8 Å². The molecule has 1 saturated heterocycles. The van der Waals surface area contributed by atoms with Gasteiger partial charge in [0.05, 0.1) is 23.9 Å². The van der Waals surface area contributed by atoms with Crippen LogP contribution in [0.3, 0.4) is 0 Å². The van der Waals surface area contributed by atoms with Crippen LogP contribution in [0, 0.1) is 12.8 Å². The van der Waals surface area contributed by atoms with E-state index in [1.807, 2.05) is 49.4 Å². The number of methoxy groups -OCH3 is 1. The highest BCUT2D eigenvalue weighted by Crippen LogP contribution is 2.28. The van der Waals surface area contributed by atoms with Crippen molar-refractivity contribution in [1.82, 2.24) is 14.7 Å². The number of hydrogen-bond acceptors (Lipinski definition) is 5. The number of carbonyl (C=O) groups excluding carboxylic acids is 1. The van der Waals surface area contributed by atoms with Gasteiger partial charge in [-0.15, -0.1) is 0 Å². The lowest BCUT2D eigenvalue weighted by molar-refractivity contribution is 0.102. The van der Waals surface area contributed by atoms with Gasteiger partial charge in [-0.1, -0.05) is 23.7 Å². The van der Waals surface area contributed by atoms with Crippen LogP contribution in [0.4, 0.5) is 5.69 Å². The van der Waals surface area contributed by atoms with Gasteiger partial charge in [0.2, 0.25) is 0 Å². The van der Waals surface area contributed by atoms with Crippen molar-refractivity contribution in [1.29, 1.82) is 0 Å². The van der Waals surface area contributed by atoms with Gasteiger partial charge >= 0.3 is 0 Å². The molecule has 1 aliphatic rings. The molecule has 0 atom stereocenters. The lowest BCUT2D eigenvalue weighted by atomic mass is 9.94. The maximum absolute atomic E-state index is 13.2. The van der Waals surface area contributed by atoms with Crippen molar-refractivity contribution >= 4 is 34.1 Å². The van der Waals surface area contributed by atoms with Crippen LogP contribution in [0.2, 0.25) is 5.02 Å². The van der Waals surface area contributed by atoms with Gasteiger partial charge in [-0.2, -0.15) is 5.10 Å². The van der Waals surface area contributed by atoms with Crippen molar-refractivity contribution in [3.63, 3.8) is 0 Å². The van der Waals surface area contributed by atoms with Crippen LogP contribution in [0.1, 0.15) is 40.9 Å². The molecule has 2 heterocycles. The van der Waals surface area contributed by atoms with E-state index in [-0.39, 0.29) is 5.91 Å². The Kier molecular flexibility index (Phi) is 8.38. The molecule has 0 saturated carbocycles. The Labute approximate surface area is 234 Å². The fourth-order valence-corrected chi connectivity index (χ4v) is 5.26. The van der Waals surface area contributed by atoms with Crippen LogP contribution in [-0.2, 0) is 13.2 Å². The van der Waals surface area contributed by atoms with Crippen molar-refractivity contribution in [2.24, 2.45) is 5.92 Å². The zero-order valence-electron chi connectivity index (χ0n) is 22.7. The molecule has 1 fully saturated rings. The monoisotopic (exact) mass is 546 g/mol. The fourth-order valence-electron chi connectivity index (χ4n) is 5.14. The molecule has 1 N–H and O–H groups in total. The molecule has 3 aromatic carbocycles. The van der Waals surface area contributed by atoms with Gasteiger partial charge in [0.15, 0.2) is 0 Å². The highest BCUT2D eigenvalue weighted by Gasteiger charge is 2.18. The summed E-state index contributed by atoms with van der Waals surface area (Å²) in [5.74, 6) is 1.55. The second kappa shape index (κ2) is 12.1. The van der Waals surface area contributed by atoms with Crippen molar-refractivity contribution in [2.45, 2.75) is 39.3 Å². The highest BCUT2D eigenvalue weighted by molar-refractivity contribution is 6.30. The number of anilines is 1. The number of aryl methyl sites for hydroxylation is 2. The van der Waals surface area contributed by atoms with Crippen LogP contribution in [0.15, 0.2) is 60.7 Å². The summed E-state index contributed by atoms with van der Waals surface area (Å²) < 4.78 is 13.5. The van der Waals surface area contributed by atoms with E-state index in [2.05, 4.69) is 21.9 Å². The first-order chi connectivity index (χ1) is 18.9. The molecule has 0 bridgehead atoms. The number of fused-ring (bicyclic) bond motifs is 1. The molecule has 5 rings (SSSR count). The van der Waals surface area contributed by atoms with Gasteiger partial charge in [-0.3, -0.25) is 9.48 Å². The number of halogens is 1. The smallest absolute Gasteiger partial charge is 0.259 e. The fraction of sp³-hybridized carbons (Fsp3) is 0.355. The number of likely N-dealkylation sites (tertiary alicyclic amines) is 1. The van der Waals surface area contributed by atoms with Gasteiger partial charge in [-0.05, 0) is 100 Å². The Morgan fingerprint density at radius 3 is 2.59 bits per heavy atom. The van der Waals surface area contributed by atoms with Crippen molar-refractivity contribution in [3.8, 4) is 11.5 Å². The number of amides is 1. The lowest BCUT2D eigenvalue weighted by Gasteiger charge is -2.28. The summed E-state index contributed by atoms with van der Waals surface area (Å²) in [5.41, 5.74) is 4.19. The standard InChI is InChI=1S/C31H35ClN4O3/c1-21-27-10-8-25(18-29(27)36(34-21)17-14-22-12-15-35(2)16-13-22)33-31(37)28-11-9-26(19-30(28)38-3)39-20-23-4-6-24(32)7-5-23/h4-11,18-19,22H,12-17,20H2,1-3H3,(H,33,37). The second-order valence-electron chi connectivity index (χ2n) is 10.3. The van der Waals surface area contributed by atoms with Crippen LogP contribution in [0.5, 0.6) is 11.5 Å². The summed E-state index contributed by atoms with van der Waals surface area (Å²) in [4.78, 5) is 15.6. The number of benzene rings is 3. The number of nitrogens with one attached hydrogen (secondary N) is 1. The molecule has 1 aliphatic heterocycles. The van der Waals surface area contributed by atoms with Crippen molar-refractivity contribution in [2.75, 3.05) is 32.6 Å². The molecule has 7 nitrogen and oxygen atoms in total. The van der Waals surface area contributed by atoms with Crippen LogP contribution < -0.4 is 14.8 Å². The first-order valence-corrected chi connectivity index (χ1v) is 13.8. The van der Waals surface area contributed by atoms with E-state index >= 15 is 0 Å². The summed E-state index contributed by atoms with van der Waals surface area (Å²) in [7, 11) is 3.74. The topological polar surface area (TPSA) is 68.6 Å². The second-order valence-corrected chi connectivity index (χ2v) is 10.7. The molecule has 1 amide bonds. The van der Waals surface area contributed by atoms with E-state index in [1.54, 1.807) is 25.3 Å². The third-order valence-electron chi connectivity index (χ3n) is 7.52. The lowest BCUT2D eigenvalue weighted by Crippen LogP contribution is -2.30. The zero-order valence-corrected chi connectivity index (χ0v) is 23.5. The molecule has 0 unspecified atom stereocenters. The Morgan fingerprint density at radius 1 is 1.08 bits per heavy atom. The number of aromatic nitrogens is 2. The van der Waals surface area contributed by atoms with Gasteiger partial charge in [0, 0.05) is 28.7 Å². The normalized spacial score (nSPS) is 14.5. The van der Waals surface area contributed by atoms with Crippen molar-refractivity contribution < 1.29 is 14.3 Å². The maximum Gasteiger partial charge on any atom is 0.259 e. The summed E-state index contributed by atoms with van der Waals surface area (Å²) in [5, 5.41) is 9.63. The summed E-state index contributed by atoms with van der Waals surface area (Å²) in [6.45, 7) is 5.63. The van der Waals surface area contributed by atoms with E-state index in [4.69, 9.17) is 26.2 Å². The third-order valence-corrected chi connectivity index (χ3v) is 7.77. The number of ether oxygens (including phenoxy) is 2. The van der Waals surface area contributed by atoms with E-state index in [1.165, 1.54) is 25.9 Å². The summed E-state index contributed by atoms with van der Waals surface area (Å²) >= 11 is 5.96. The molecule has 1 aromatic heterocycles. The molecule has 0 aliphatic carbocycles. The van der Waals surface area contributed by atoms with Crippen LogP contribution in [0.25, 0.3) is 10.9 Å². The molecule has 0 spiro atoms. The first kappa shape index (κ1) is 27.0. The summed E-state index contributed by atoms with van der Waals surface area (Å²) in [6, 6.07) is 18.7. The molecule has 8 heteroatoms. The Hall–Kier alpha value is -3.55. The third kappa shape index (κ3) is 6.54. The zero-order chi connectivity index (χ0) is 27.4. The van der Waals surface area contributed by atoms with E-state index < -0.39 is 0 Å². The van der Waals surface area contributed by atoms with Crippen molar-refractivity contribution in [3.05, 3.63) is 82.5 Å². The molecule has 39 heavy (non-hydrogen) atoms.